The summed E-state index contributed by atoms with van der Waals surface area (Å²) >= 11 is 0. The number of nitrogens with zero attached hydrogens (tertiary/aromatic N) is 5. The highest BCUT2D eigenvalue weighted by atomic mass is 16.2. The normalized spacial score (nSPS) is 23.5. The summed E-state index contributed by atoms with van der Waals surface area (Å²) in [6, 6.07) is 7.74. The Morgan fingerprint density at radius 1 is 1.07 bits per heavy atom. The van der Waals surface area contributed by atoms with E-state index in [1.807, 2.05) is 22.9 Å². The number of tetrazole rings is 1. The van der Waals surface area contributed by atoms with E-state index >= 15 is 0 Å². The summed E-state index contributed by atoms with van der Waals surface area (Å²) in [5, 5.41) is 14.8. The quantitative estimate of drug-likeness (QED) is 0.734. The molecule has 9 heteroatoms. The molecule has 3 amide bonds. The predicted octanol–water partition coefficient (Wildman–Crippen LogP) is 2.18. The van der Waals surface area contributed by atoms with Crippen LogP contribution in [0.3, 0.4) is 0 Å². The number of likely N-dealkylation sites (tertiary alicyclic amines) is 1. The zero-order chi connectivity index (χ0) is 20.7. The standard InChI is InChI=1S/C21H24N6O3/c28-18(10-11-26-20(29)16-6-1-2-7-17(16)21(26)30)22-14-5-3-4-13(12-14)19-23-24-25-27(19)15-8-9-15/h3-5,12,15-17H,1-2,6-11H2,(H,22,28)/t16-,17+. The summed E-state index contributed by atoms with van der Waals surface area (Å²) in [4.78, 5) is 38.8. The smallest absolute Gasteiger partial charge is 0.233 e. The van der Waals surface area contributed by atoms with Crippen LogP contribution >= 0.6 is 0 Å². The first kappa shape index (κ1) is 18.9. The molecule has 0 unspecified atom stereocenters. The lowest BCUT2D eigenvalue weighted by Gasteiger charge is -2.19. The Bertz CT molecular complexity index is 974. The van der Waals surface area contributed by atoms with Crippen molar-refractivity contribution in [1.82, 2.24) is 25.1 Å². The van der Waals surface area contributed by atoms with Crippen molar-refractivity contribution in [1.29, 1.82) is 0 Å². The molecular weight excluding hydrogens is 384 g/mol. The average molecular weight is 408 g/mol. The number of hydrogen-bond donors (Lipinski definition) is 1. The highest BCUT2D eigenvalue weighted by Crippen LogP contribution is 2.38. The van der Waals surface area contributed by atoms with E-state index in [-0.39, 0.29) is 42.5 Å². The first-order valence-corrected chi connectivity index (χ1v) is 10.6. The third-order valence-electron chi connectivity index (χ3n) is 6.28. The third kappa shape index (κ3) is 3.48. The second-order valence-electron chi connectivity index (χ2n) is 8.38. The molecule has 9 nitrogen and oxygen atoms in total. The Hall–Kier alpha value is -3.10. The Labute approximate surface area is 173 Å². The predicted molar refractivity (Wildman–Crippen MR) is 107 cm³/mol. The maximum atomic E-state index is 12.5. The molecule has 2 atom stereocenters. The van der Waals surface area contributed by atoms with Crippen molar-refractivity contribution >= 4 is 23.4 Å². The maximum absolute atomic E-state index is 12.5. The van der Waals surface area contributed by atoms with Gasteiger partial charge in [0.2, 0.25) is 17.7 Å². The minimum Gasteiger partial charge on any atom is -0.326 e. The van der Waals surface area contributed by atoms with Gasteiger partial charge in [-0.05, 0) is 48.2 Å². The van der Waals surface area contributed by atoms with Crippen LogP contribution in [0.1, 0.15) is 51.0 Å². The molecule has 1 aromatic heterocycles. The van der Waals surface area contributed by atoms with Crippen LogP contribution in [-0.4, -0.2) is 49.4 Å². The van der Waals surface area contributed by atoms with Gasteiger partial charge >= 0.3 is 0 Å². The monoisotopic (exact) mass is 408 g/mol. The van der Waals surface area contributed by atoms with E-state index in [1.165, 1.54) is 4.90 Å². The van der Waals surface area contributed by atoms with Crippen LogP contribution in [0, 0.1) is 11.8 Å². The molecule has 0 bridgehead atoms. The average Bonchev–Trinajstić information content (AvgIpc) is 3.43. The highest BCUT2D eigenvalue weighted by molar-refractivity contribution is 6.05. The van der Waals surface area contributed by atoms with Crippen LogP contribution in [0.2, 0.25) is 0 Å². The lowest BCUT2D eigenvalue weighted by molar-refractivity contribution is -0.140. The van der Waals surface area contributed by atoms with E-state index in [9.17, 15) is 14.4 Å². The van der Waals surface area contributed by atoms with Gasteiger partial charge in [-0.25, -0.2) is 4.68 Å². The lowest BCUT2D eigenvalue weighted by Crippen LogP contribution is -2.34. The fourth-order valence-corrected chi connectivity index (χ4v) is 4.57. The molecule has 2 aromatic rings. The van der Waals surface area contributed by atoms with Crippen LogP contribution in [-0.2, 0) is 14.4 Å². The van der Waals surface area contributed by atoms with Crippen LogP contribution in [0.4, 0.5) is 5.69 Å². The minimum absolute atomic E-state index is 0.0843. The Morgan fingerprint density at radius 3 is 2.50 bits per heavy atom. The third-order valence-corrected chi connectivity index (χ3v) is 6.28. The van der Waals surface area contributed by atoms with Gasteiger partial charge in [-0.1, -0.05) is 25.0 Å². The molecule has 3 aliphatic rings. The van der Waals surface area contributed by atoms with E-state index in [2.05, 4.69) is 20.8 Å². The number of imide groups is 1. The fourth-order valence-electron chi connectivity index (χ4n) is 4.57. The molecule has 156 valence electrons. The molecule has 0 spiro atoms. The maximum Gasteiger partial charge on any atom is 0.233 e. The molecule has 30 heavy (non-hydrogen) atoms. The summed E-state index contributed by atoms with van der Waals surface area (Å²) in [5.41, 5.74) is 1.47. The number of fused-ring (bicyclic) bond motifs is 1. The van der Waals surface area contributed by atoms with E-state index in [0.29, 0.717) is 17.6 Å². The molecule has 1 aliphatic heterocycles. The first-order chi connectivity index (χ1) is 14.6. The van der Waals surface area contributed by atoms with Gasteiger partial charge in [-0.15, -0.1) is 5.10 Å². The minimum atomic E-state index is -0.232. The summed E-state index contributed by atoms with van der Waals surface area (Å²) in [6.07, 6.45) is 5.79. The van der Waals surface area contributed by atoms with E-state index in [1.54, 1.807) is 6.07 Å². The Balaban J connectivity index is 1.21. The molecule has 0 radical (unpaired) electrons. The highest BCUT2D eigenvalue weighted by Gasteiger charge is 2.47. The van der Waals surface area contributed by atoms with Gasteiger partial charge in [0, 0.05) is 24.2 Å². The molecule has 3 fully saturated rings. The van der Waals surface area contributed by atoms with Crippen molar-refractivity contribution in [2.24, 2.45) is 11.8 Å². The lowest BCUT2D eigenvalue weighted by atomic mass is 9.81. The number of hydrogen-bond acceptors (Lipinski definition) is 6. The molecule has 2 heterocycles. The number of benzene rings is 1. The summed E-state index contributed by atoms with van der Waals surface area (Å²) in [5.74, 6) is -0.112. The largest absolute Gasteiger partial charge is 0.326 e. The molecule has 1 aromatic carbocycles. The molecular formula is C21H24N6O3. The molecule has 2 saturated carbocycles. The van der Waals surface area contributed by atoms with Gasteiger partial charge in [0.25, 0.3) is 0 Å². The molecule has 2 aliphatic carbocycles. The van der Waals surface area contributed by atoms with Gasteiger partial charge in [0.1, 0.15) is 0 Å². The van der Waals surface area contributed by atoms with Gasteiger partial charge in [0.05, 0.1) is 17.9 Å². The van der Waals surface area contributed by atoms with Gasteiger partial charge < -0.3 is 5.32 Å². The number of carbonyl (C=O) groups is 3. The molecule has 5 rings (SSSR count). The van der Waals surface area contributed by atoms with Crippen LogP contribution in [0.25, 0.3) is 11.4 Å². The summed E-state index contributed by atoms with van der Waals surface area (Å²) in [6.45, 7) is 0.135. The second kappa shape index (κ2) is 7.62. The van der Waals surface area contributed by atoms with E-state index < -0.39 is 0 Å². The number of aromatic nitrogens is 4. The van der Waals surface area contributed by atoms with E-state index in [0.717, 1.165) is 44.1 Å². The van der Waals surface area contributed by atoms with E-state index in [4.69, 9.17) is 0 Å². The van der Waals surface area contributed by atoms with Crippen LogP contribution in [0.15, 0.2) is 24.3 Å². The number of carbonyl (C=O) groups excluding carboxylic acids is 3. The van der Waals surface area contributed by atoms with Gasteiger partial charge in [0.15, 0.2) is 5.82 Å². The summed E-state index contributed by atoms with van der Waals surface area (Å²) < 4.78 is 1.82. The topological polar surface area (TPSA) is 110 Å². The number of anilines is 1. The number of amides is 3. The van der Waals surface area contributed by atoms with Crippen molar-refractivity contribution < 1.29 is 14.4 Å². The fraction of sp³-hybridized carbons (Fsp3) is 0.524. The SMILES string of the molecule is O=C(CCN1C(=O)[C@H]2CCCC[C@H]2C1=O)Nc1cccc(-c2nnnn2C2CC2)c1. The van der Waals surface area contributed by atoms with Crippen LogP contribution < -0.4 is 5.32 Å². The van der Waals surface area contributed by atoms with Crippen molar-refractivity contribution in [3.8, 4) is 11.4 Å². The zero-order valence-electron chi connectivity index (χ0n) is 16.7. The van der Waals surface area contributed by atoms with Crippen LogP contribution in [0.5, 0.6) is 0 Å². The Kier molecular flexibility index (Phi) is 4.80. The van der Waals surface area contributed by atoms with Crippen molar-refractivity contribution in [3.63, 3.8) is 0 Å². The number of nitrogens with one attached hydrogen (secondary N) is 1. The summed E-state index contributed by atoms with van der Waals surface area (Å²) in [7, 11) is 0. The second-order valence-corrected chi connectivity index (χ2v) is 8.38. The molecule has 1 saturated heterocycles. The van der Waals surface area contributed by atoms with Crippen molar-refractivity contribution in [2.45, 2.75) is 51.0 Å². The first-order valence-electron chi connectivity index (χ1n) is 10.6. The Morgan fingerprint density at radius 2 is 1.80 bits per heavy atom. The molecule has 1 N–H and O–H groups in total. The van der Waals surface area contributed by atoms with Crippen molar-refractivity contribution in [3.05, 3.63) is 24.3 Å². The van der Waals surface area contributed by atoms with Crippen molar-refractivity contribution in [2.75, 3.05) is 11.9 Å². The zero-order valence-corrected chi connectivity index (χ0v) is 16.7. The number of rotatable bonds is 6. The van der Waals surface area contributed by atoms with Gasteiger partial charge in [-0.2, -0.15) is 0 Å². The van der Waals surface area contributed by atoms with Gasteiger partial charge in [-0.3, -0.25) is 19.3 Å².